The van der Waals surface area contributed by atoms with Gasteiger partial charge in [0.1, 0.15) is 18.0 Å². The smallest absolute Gasteiger partial charge is 0.242 e. The molecule has 0 aliphatic heterocycles. The van der Waals surface area contributed by atoms with Gasteiger partial charge < -0.3 is 26.0 Å². The van der Waals surface area contributed by atoms with E-state index in [9.17, 15) is 18.7 Å². The Morgan fingerprint density at radius 3 is 2.71 bits per heavy atom. The number of amides is 1. The predicted molar refractivity (Wildman–Crippen MR) is 172 cm³/mol. The van der Waals surface area contributed by atoms with E-state index in [0.717, 1.165) is 29.3 Å². The number of aryl methyl sites for hydroxylation is 1. The molecule has 238 valence electrons. The van der Waals surface area contributed by atoms with Crippen molar-refractivity contribution in [3.05, 3.63) is 112 Å². The number of hydrogen-bond donors (Lipinski definition) is 5. The molecule has 1 amide bonds. The highest BCUT2D eigenvalue weighted by molar-refractivity contribution is 6.30. The topological polar surface area (TPSA) is 117 Å². The first-order valence-electron chi connectivity index (χ1n) is 15.2. The Balaban J connectivity index is 1.23. The molecule has 0 fully saturated rings. The fourth-order valence-corrected chi connectivity index (χ4v) is 6.00. The number of nitrogens with zero attached hydrogens (tertiary/aromatic N) is 2. The second-order valence-corrected chi connectivity index (χ2v) is 12.2. The SMILES string of the molecule is CCCC(N[C@@]1(N)CCc2cc(F)cc(F)c2C1)C(=O)Nc1cn(-c2ccccc2CNC(CO)Cc2ccc(Cl)cc2)cn1. The molecule has 8 nitrogen and oxygen atoms in total. The third kappa shape index (κ3) is 8.33. The van der Waals surface area contributed by atoms with Gasteiger partial charge in [0, 0.05) is 30.1 Å². The van der Waals surface area contributed by atoms with Crippen molar-refractivity contribution in [1.82, 2.24) is 20.2 Å². The Kier molecular flexibility index (Phi) is 10.6. The van der Waals surface area contributed by atoms with Crippen molar-refractivity contribution in [3.8, 4) is 5.69 Å². The summed E-state index contributed by atoms with van der Waals surface area (Å²) in [6.45, 7) is 2.45. The maximum absolute atomic E-state index is 14.6. The molecule has 0 saturated carbocycles. The number of aromatic nitrogens is 2. The molecule has 4 aromatic rings. The monoisotopic (exact) mass is 636 g/mol. The molecule has 0 radical (unpaired) electrons. The van der Waals surface area contributed by atoms with Crippen molar-refractivity contribution in [1.29, 1.82) is 0 Å². The minimum Gasteiger partial charge on any atom is -0.395 e. The number of imidazole rings is 1. The van der Waals surface area contributed by atoms with Gasteiger partial charge in [0.05, 0.1) is 30.2 Å². The van der Waals surface area contributed by atoms with Crippen LogP contribution in [0, 0.1) is 11.6 Å². The average Bonchev–Trinajstić information content (AvgIpc) is 3.49. The molecule has 1 aromatic heterocycles. The Bertz CT molecular complexity index is 1610. The summed E-state index contributed by atoms with van der Waals surface area (Å²) in [7, 11) is 0. The second-order valence-electron chi connectivity index (χ2n) is 11.7. The van der Waals surface area contributed by atoms with Gasteiger partial charge in [0.25, 0.3) is 0 Å². The minimum absolute atomic E-state index is 0.0247. The van der Waals surface area contributed by atoms with Crippen LogP contribution in [-0.4, -0.2) is 44.9 Å². The molecule has 1 aliphatic rings. The Morgan fingerprint density at radius 2 is 1.96 bits per heavy atom. The molecule has 5 rings (SSSR count). The number of hydrogen-bond acceptors (Lipinski definition) is 6. The zero-order valence-corrected chi connectivity index (χ0v) is 26.0. The fraction of sp³-hybridized carbons (Fsp3) is 0.353. The van der Waals surface area contributed by atoms with Crippen LogP contribution in [0.15, 0.2) is 73.2 Å². The average molecular weight is 637 g/mol. The number of para-hydroxylation sites is 1. The number of fused-ring (bicyclic) bond motifs is 1. The number of carbonyl (C=O) groups is 1. The van der Waals surface area contributed by atoms with Crippen LogP contribution in [0.25, 0.3) is 5.69 Å². The van der Waals surface area contributed by atoms with E-state index in [2.05, 4.69) is 20.9 Å². The zero-order chi connectivity index (χ0) is 32.0. The van der Waals surface area contributed by atoms with Crippen molar-refractivity contribution in [2.24, 2.45) is 5.73 Å². The van der Waals surface area contributed by atoms with Gasteiger partial charge in [0.15, 0.2) is 5.82 Å². The van der Waals surface area contributed by atoms with Crippen LogP contribution in [0.3, 0.4) is 0 Å². The lowest BCUT2D eigenvalue weighted by atomic mass is 9.83. The van der Waals surface area contributed by atoms with E-state index in [-0.39, 0.29) is 25.0 Å². The van der Waals surface area contributed by atoms with E-state index in [0.29, 0.717) is 54.2 Å². The predicted octanol–water partition coefficient (Wildman–Crippen LogP) is 5.04. The third-order valence-corrected chi connectivity index (χ3v) is 8.49. The van der Waals surface area contributed by atoms with Gasteiger partial charge in [-0.15, -0.1) is 0 Å². The number of benzene rings is 3. The largest absolute Gasteiger partial charge is 0.395 e. The first kappa shape index (κ1) is 32.7. The van der Waals surface area contributed by atoms with Crippen LogP contribution in [0.2, 0.25) is 5.02 Å². The number of nitrogens with two attached hydrogens (primary N) is 1. The van der Waals surface area contributed by atoms with Gasteiger partial charge in [-0.05, 0) is 72.2 Å². The summed E-state index contributed by atoms with van der Waals surface area (Å²) in [6.07, 6.45) is 6.26. The quantitative estimate of drug-likeness (QED) is 0.131. The first-order valence-corrected chi connectivity index (χ1v) is 15.6. The van der Waals surface area contributed by atoms with Crippen molar-refractivity contribution in [2.45, 2.75) is 69.7 Å². The normalized spacial score (nSPS) is 17.5. The lowest BCUT2D eigenvalue weighted by Gasteiger charge is -2.38. The molecule has 0 bridgehead atoms. The molecule has 6 N–H and O–H groups in total. The number of rotatable bonds is 13. The minimum atomic E-state index is -1.02. The summed E-state index contributed by atoms with van der Waals surface area (Å²) in [5.74, 6) is -1.13. The molecule has 3 aromatic carbocycles. The highest BCUT2D eigenvalue weighted by Gasteiger charge is 2.36. The summed E-state index contributed by atoms with van der Waals surface area (Å²) >= 11 is 6.00. The molecule has 0 saturated heterocycles. The standard InChI is InChI=1S/C34H39ClF2N6O2/c1-2-5-30(42-34(38)13-12-23-15-26(36)16-29(37)28(23)17-34)33(45)41-32-19-43(21-40-32)31-7-4-3-6-24(31)18-39-27(20-44)14-22-8-10-25(35)11-9-22/h3-4,6-11,15-16,19,21,27,30,39,42,44H,2,5,12-14,17-18,20,38H2,1H3,(H,41,45)/t27?,30?,34-/m0/s1. The molecule has 2 unspecified atom stereocenters. The molecule has 0 spiro atoms. The third-order valence-electron chi connectivity index (χ3n) is 8.24. The molecule has 1 aliphatic carbocycles. The number of halogens is 3. The van der Waals surface area contributed by atoms with E-state index in [1.54, 1.807) is 12.5 Å². The van der Waals surface area contributed by atoms with E-state index in [1.807, 2.05) is 60.0 Å². The van der Waals surface area contributed by atoms with E-state index < -0.39 is 23.3 Å². The maximum atomic E-state index is 14.6. The first-order chi connectivity index (χ1) is 21.7. The van der Waals surface area contributed by atoms with Gasteiger partial charge in [-0.3, -0.25) is 10.1 Å². The van der Waals surface area contributed by atoms with Crippen LogP contribution in [0.1, 0.15) is 48.4 Å². The second kappa shape index (κ2) is 14.6. The molecule has 1 heterocycles. The number of anilines is 1. The van der Waals surface area contributed by atoms with Crippen LogP contribution in [0.5, 0.6) is 0 Å². The van der Waals surface area contributed by atoms with Crippen LogP contribution >= 0.6 is 11.6 Å². The van der Waals surface area contributed by atoms with Crippen molar-refractivity contribution < 1.29 is 18.7 Å². The highest BCUT2D eigenvalue weighted by atomic mass is 35.5. The molecular weight excluding hydrogens is 598 g/mol. The van der Waals surface area contributed by atoms with Crippen molar-refractivity contribution in [2.75, 3.05) is 11.9 Å². The fourth-order valence-electron chi connectivity index (χ4n) is 5.87. The van der Waals surface area contributed by atoms with Crippen LogP contribution in [-0.2, 0) is 30.6 Å². The highest BCUT2D eigenvalue weighted by Crippen LogP contribution is 2.29. The van der Waals surface area contributed by atoms with E-state index >= 15 is 0 Å². The lowest BCUT2D eigenvalue weighted by molar-refractivity contribution is -0.119. The summed E-state index contributed by atoms with van der Waals surface area (Å²) in [4.78, 5) is 17.8. The molecular formula is C34H39ClF2N6O2. The molecule has 45 heavy (non-hydrogen) atoms. The Labute approximate surface area is 267 Å². The lowest BCUT2D eigenvalue weighted by Crippen LogP contribution is -2.62. The number of nitrogens with one attached hydrogen (secondary N) is 3. The van der Waals surface area contributed by atoms with Gasteiger partial charge >= 0.3 is 0 Å². The zero-order valence-electron chi connectivity index (χ0n) is 25.2. The van der Waals surface area contributed by atoms with Crippen molar-refractivity contribution >= 4 is 23.3 Å². The Hall–Kier alpha value is -3.67. The van der Waals surface area contributed by atoms with E-state index in [1.165, 1.54) is 6.07 Å². The van der Waals surface area contributed by atoms with Crippen LogP contribution in [0.4, 0.5) is 14.6 Å². The van der Waals surface area contributed by atoms with Crippen molar-refractivity contribution in [3.63, 3.8) is 0 Å². The number of carbonyl (C=O) groups excluding carboxylic acids is 1. The maximum Gasteiger partial charge on any atom is 0.242 e. The van der Waals surface area contributed by atoms with Gasteiger partial charge in [-0.1, -0.05) is 55.3 Å². The molecule has 3 atom stereocenters. The number of aliphatic hydroxyl groups excluding tert-OH is 1. The summed E-state index contributed by atoms with van der Waals surface area (Å²) in [5, 5.41) is 20.3. The summed E-state index contributed by atoms with van der Waals surface area (Å²) < 4.78 is 30.1. The van der Waals surface area contributed by atoms with Gasteiger partial charge in [0.2, 0.25) is 5.91 Å². The van der Waals surface area contributed by atoms with E-state index in [4.69, 9.17) is 17.3 Å². The molecule has 11 heteroatoms. The number of aliphatic hydroxyl groups is 1. The van der Waals surface area contributed by atoms with Gasteiger partial charge in [-0.25, -0.2) is 13.8 Å². The van der Waals surface area contributed by atoms with Gasteiger partial charge in [-0.2, -0.15) is 0 Å². The summed E-state index contributed by atoms with van der Waals surface area (Å²) in [6, 6.07) is 16.8. The Morgan fingerprint density at radius 1 is 1.18 bits per heavy atom. The summed E-state index contributed by atoms with van der Waals surface area (Å²) in [5.41, 5.74) is 9.57. The van der Waals surface area contributed by atoms with Crippen LogP contribution < -0.4 is 21.7 Å².